The van der Waals surface area contributed by atoms with Gasteiger partial charge in [0.2, 0.25) is 5.76 Å². The van der Waals surface area contributed by atoms with Crippen LogP contribution in [0.2, 0.25) is 0 Å². The molecule has 2 N–H and O–H groups in total. The number of amides is 1. The number of rotatable bonds is 5. The van der Waals surface area contributed by atoms with Crippen molar-refractivity contribution in [1.82, 2.24) is 10.5 Å². The second kappa shape index (κ2) is 5.56. The number of aromatic nitrogens is 1. The highest BCUT2D eigenvalue weighted by atomic mass is 16.5. The summed E-state index contributed by atoms with van der Waals surface area (Å²) in [4.78, 5) is 21.8. The normalized spacial score (nSPS) is 9.44. The summed E-state index contributed by atoms with van der Waals surface area (Å²) in [6.07, 6.45) is 6.27. The highest BCUT2D eigenvalue weighted by Gasteiger charge is 2.15. The van der Waals surface area contributed by atoms with E-state index in [0.29, 0.717) is 19.4 Å². The molecule has 0 radical (unpaired) electrons. The fraction of sp³-hybridized carbons (Fsp3) is 0.300. The Hall–Kier alpha value is -2.29. The third kappa shape index (κ3) is 3.13. The van der Waals surface area contributed by atoms with Crippen LogP contribution >= 0.6 is 0 Å². The Bertz CT molecular complexity index is 430. The molecule has 1 aromatic rings. The Kier molecular flexibility index (Phi) is 4.09. The van der Waals surface area contributed by atoms with E-state index in [-0.39, 0.29) is 11.5 Å². The molecule has 16 heavy (non-hydrogen) atoms. The predicted octanol–water partition coefficient (Wildman–Crippen LogP) is 0.516. The lowest BCUT2D eigenvalue weighted by molar-refractivity contribution is 0.0651. The molecule has 0 aromatic carbocycles. The van der Waals surface area contributed by atoms with Crippen molar-refractivity contribution in [3.8, 4) is 12.3 Å². The standard InChI is InChI=1S/C10H10N2O4/c1-2-3-4-5-11-9(13)7-6-8(10(14)15)16-12-7/h1,6H,3-5H2,(H,11,13)(H,14,15). The van der Waals surface area contributed by atoms with Gasteiger partial charge in [-0.1, -0.05) is 5.16 Å². The van der Waals surface area contributed by atoms with E-state index in [9.17, 15) is 9.59 Å². The number of unbranched alkanes of at least 4 members (excludes halogenated alkanes) is 1. The van der Waals surface area contributed by atoms with Gasteiger partial charge in [-0.2, -0.15) is 0 Å². The average molecular weight is 222 g/mol. The van der Waals surface area contributed by atoms with E-state index in [0.717, 1.165) is 6.07 Å². The fourth-order valence-electron chi connectivity index (χ4n) is 0.966. The summed E-state index contributed by atoms with van der Waals surface area (Å²) in [7, 11) is 0. The maximum Gasteiger partial charge on any atom is 0.374 e. The van der Waals surface area contributed by atoms with Crippen LogP contribution in [0, 0.1) is 12.3 Å². The summed E-state index contributed by atoms with van der Waals surface area (Å²) in [5.74, 6) is 0.327. The van der Waals surface area contributed by atoms with E-state index in [4.69, 9.17) is 11.5 Å². The summed E-state index contributed by atoms with van der Waals surface area (Å²) >= 11 is 0. The molecule has 6 heteroatoms. The maximum absolute atomic E-state index is 11.4. The molecule has 0 bridgehead atoms. The number of carbonyl (C=O) groups excluding carboxylic acids is 1. The molecule has 0 fully saturated rings. The van der Waals surface area contributed by atoms with E-state index in [1.165, 1.54) is 0 Å². The molecule has 0 aliphatic rings. The van der Waals surface area contributed by atoms with E-state index in [1.54, 1.807) is 0 Å². The van der Waals surface area contributed by atoms with Crippen molar-refractivity contribution in [3.63, 3.8) is 0 Å². The predicted molar refractivity (Wildman–Crippen MR) is 53.9 cm³/mol. The van der Waals surface area contributed by atoms with E-state index in [2.05, 4.69) is 20.9 Å². The molecule has 1 amide bonds. The smallest absolute Gasteiger partial charge is 0.374 e. The van der Waals surface area contributed by atoms with Gasteiger partial charge in [-0.05, 0) is 6.42 Å². The van der Waals surface area contributed by atoms with Crippen LogP contribution in [-0.2, 0) is 0 Å². The van der Waals surface area contributed by atoms with Crippen LogP contribution in [-0.4, -0.2) is 28.7 Å². The Morgan fingerprint density at radius 1 is 1.62 bits per heavy atom. The summed E-state index contributed by atoms with van der Waals surface area (Å²) in [5, 5.41) is 14.4. The first kappa shape index (κ1) is 11.8. The Morgan fingerprint density at radius 2 is 2.38 bits per heavy atom. The van der Waals surface area contributed by atoms with Crippen LogP contribution in [0.5, 0.6) is 0 Å². The number of carboxylic acids is 1. The molecule has 84 valence electrons. The largest absolute Gasteiger partial charge is 0.475 e. The van der Waals surface area contributed by atoms with E-state index >= 15 is 0 Å². The van der Waals surface area contributed by atoms with Gasteiger partial charge in [-0.15, -0.1) is 12.3 Å². The summed E-state index contributed by atoms with van der Waals surface area (Å²) in [6.45, 7) is 0.415. The van der Waals surface area contributed by atoms with Crippen molar-refractivity contribution >= 4 is 11.9 Å². The molecular formula is C10H10N2O4. The Morgan fingerprint density at radius 3 is 2.94 bits per heavy atom. The number of hydrogen-bond donors (Lipinski definition) is 2. The van der Waals surface area contributed by atoms with Crippen molar-refractivity contribution in [2.75, 3.05) is 6.54 Å². The van der Waals surface area contributed by atoms with E-state index < -0.39 is 11.9 Å². The molecule has 0 saturated heterocycles. The minimum atomic E-state index is -1.26. The molecular weight excluding hydrogens is 212 g/mol. The third-order valence-electron chi connectivity index (χ3n) is 1.74. The van der Waals surface area contributed by atoms with Gasteiger partial charge in [0.1, 0.15) is 0 Å². The van der Waals surface area contributed by atoms with Crippen LogP contribution in [0.25, 0.3) is 0 Å². The molecule has 6 nitrogen and oxygen atoms in total. The van der Waals surface area contributed by atoms with Crippen LogP contribution in [0.3, 0.4) is 0 Å². The molecule has 0 saturated carbocycles. The molecule has 1 aromatic heterocycles. The lowest BCUT2D eigenvalue weighted by Crippen LogP contribution is -2.24. The molecule has 0 atom stereocenters. The minimum absolute atomic E-state index is 0.0573. The highest BCUT2D eigenvalue weighted by molar-refractivity contribution is 5.94. The number of nitrogens with one attached hydrogen (secondary N) is 1. The Labute approximate surface area is 91.6 Å². The number of carbonyl (C=O) groups is 2. The Balaban J connectivity index is 2.47. The first-order valence-electron chi connectivity index (χ1n) is 4.57. The minimum Gasteiger partial charge on any atom is -0.475 e. The molecule has 1 heterocycles. The van der Waals surface area contributed by atoms with Crippen molar-refractivity contribution in [2.45, 2.75) is 12.8 Å². The number of aromatic carboxylic acids is 1. The zero-order valence-electron chi connectivity index (χ0n) is 8.40. The molecule has 0 spiro atoms. The van der Waals surface area contributed by atoms with Gasteiger partial charge in [0.25, 0.3) is 5.91 Å². The number of nitrogens with zero attached hydrogens (tertiary/aromatic N) is 1. The molecule has 1 rings (SSSR count). The van der Waals surface area contributed by atoms with E-state index in [1.807, 2.05) is 0 Å². The van der Waals surface area contributed by atoms with Crippen molar-refractivity contribution < 1.29 is 19.2 Å². The van der Waals surface area contributed by atoms with Crippen LogP contribution < -0.4 is 5.32 Å². The van der Waals surface area contributed by atoms with Crippen molar-refractivity contribution in [1.29, 1.82) is 0 Å². The molecule has 0 aliphatic heterocycles. The number of hydrogen-bond acceptors (Lipinski definition) is 4. The second-order valence-electron chi connectivity index (χ2n) is 2.95. The molecule has 0 aliphatic carbocycles. The monoisotopic (exact) mass is 222 g/mol. The van der Waals surface area contributed by atoms with Crippen LogP contribution in [0.1, 0.15) is 33.9 Å². The number of carboxylic acid groups (broad SMARTS) is 1. The van der Waals surface area contributed by atoms with Crippen molar-refractivity contribution in [3.05, 3.63) is 17.5 Å². The molecule has 0 unspecified atom stereocenters. The first-order chi connectivity index (χ1) is 7.65. The van der Waals surface area contributed by atoms with Gasteiger partial charge in [-0.25, -0.2) is 4.79 Å². The lowest BCUT2D eigenvalue weighted by atomic mass is 10.3. The van der Waals surface area contributed by atoms with Gasteiger partial charge in [-0.3, -0.25) is 4.79 Å². The second-order valence-corrected chi connectivity index (χ2v) is 2.95. The van der Waals surface area contributed by atoms with Gasteiger partial charge in [0, 0.05) is 19.0 Å². The van der Waals surface area contributed by atoms with Gasteiger partial charge in [0.15, 0.2) is 5.69 Å². The maximum atomic E-state index is 11.4. The lowest BCUT2D eigenvalue weighted by Gasteiger charge is -1.99. The zero-order valence-corrected chi connectivity index (χ0v) is 8.40. The van der Waals surface area contributed by atoms with Crippen LogP contribution in [0.4, 0.5) is 0 Å². The topological polar surface area (TPSA) is 92.4 Å². The highest BCUT2D eigenvalue weighted by Crippen LogP contribution is 2.03. The summed E-state index contributed by atoms with van der Waals surface area (Å²) < 4.78 is 4.43. The fourth-order valence-corrected chi connectivity index (χ4v) is 0.966. The summed E-state index contributed by atoms with van der Waals surface area (Å²) in [6, 6.07) is 1.07. The first-order valence-corrected chi connectivity index (χ1v) is 4.57. The third-order valence-corrected chi connectivity index (χ3v) is 1.74. The van der Waals surface area contributed by atoms with Crippen molar-refractivity contribution in [2.24, 2.45) is 0 Å². The van der Waals surface area contributed by atoms with Gasteiger partial charge in [0.05, 0.1) is 0 Å². The quantitative estimate of drug-likeness (QED) is 0.559. The van der Waals surface area contributed by atoms with Gasteiger partial charge >= 0.3 is 5.97 Å². The summed E-state index contributed by atoms with van der Waals surface area (Å²) in [5.41, 5.74) is -0.0573. The number of terminal acetylenes is 1. The van der Waals surface area contributed by atoms with Crippen LogP contribution in [0.15, 0.2) is 10.6 Å². The van der Waals surface area contributed by atoms with Gasteiger partial charge < -0.3 is 14.9 Å². The average Bonchev–Trinajstić information content (AvgIpc) is 2.73. The zero-order chi connectivity index (χ0) is 12.0. The SMILES string of the molecule is C#CCCCNC(=O)c1cc(C(=O)O)on1.